The second kappa shape index (κ2) is 13.9. The van der Waals surface area contributed by atoms with Crippen LogP contribution in [-0.2, 0) is 25.7 Å². The van der Waals surface area contributed by atoms with Gasteiger partial charge in [-0.25, -0.2) is 4.79 Å². The van der Waals surface area contributed by atoms with Gasteiger partial charge in [0.25, 0.3) is 0 Å². The van der Waals surface area contributed by atoms with Crippen molar-refractivity contribution in [1.82, 2.24) is 0 Å². The Balaban J connectivity index is 2.29. The Bertz CT molecular complexity index is 810. The van der Waals surface area contributed by atoms with E-state index in [0.717, 1.165) is 63.4 Å². The highest BCUT2D eigenvalue weighted by molar-refractivity contribution is 5.68. The number of carbonyl (C=O) groups is 1. The normalized spacial score (nSPS) is 10.8. The quantitative estimate of drug-likeness (QED) is 0.240. The Morgan fingerprint density at radius 3 is 1.90 bits per heavy atom. The molecule has 170 valence electrons. The number of ether oxygens (including phenoxy) is 2. The second-order valence-electron chi connectivity index (χ2n) is 8.30. The lowest BCUT2D eigenvalue weighted by molar-refractivity contribution is 0.151. The molecule has 0 aromatic heterocycles. The van der Waals surface area contributed by atoms with Crippen LogP contribution in [0.25, 0.3) is 0 Å². The van der Waals surface area contributed by atoms with Crippen LogP contribution in [0.3, 0.4) is 0 Å². The molecule has 0 saturated carbocycles. The number of aryl methyl sites for hydroxylation is 2. The fraction of sp³-hybridized carbons (Fsp3) is 0.536. The first-order chi connectivity index (χ1) is 15.1. The van der Waals surface area contributed by atoms with Crippen LogP contribution in [0.15, 0.2) is 36.4 Å². The monoisotopic (exact) mass is 424 g/mol. The first kappa shape index (κ1) is 25.0. The molecule has 0 aliphatic rings. The zero-order chi connectivity index (χ0) is 22.5. The zero-order valence-electron chi connectivity index (χ0n) is 20.0. The summed E-state index contributed by atoms with van der Waals surface area (Å²) in [7, 11) is 0. The third-order valence-corrected chi connectivity index (χ3v) is 5.72. The highest BCUT2D eigenvalue weighted by Gasteiger charge is 2.18. The first-order valence-corrected chi connectivity index (χ1v) is 12.3. The van der Waals surface area contributed by atoms with Crippen molar-refractivity contribution in [2.75, 3.05) is 0 Å². The van der Waals surface area contributed by atoms with E-state index in [2.05, 4.69) is 33.8 Å². The minimum Gasteiger partial charge on any atom is -0.394 e. The summed E-state index contributed by atoms with van der Waals surface area (Å²) in [6, 6.07) is 11.8. The first-order valence-electron chi connectivity index (χ1n) is 12.3. The van der Waals surface area contributed by atoms with Gasteiger partial charge in [-0.05, 0) is 79.3 Å². The number of carbonyl (C=O) groups excluding carboxylic acids is 1. The van der Waals surface area contributed by atoms with E-state index in [0.29, 0.717) is 11.5 Å². The fourth-order valence-electron chi connectivity index (χ4n) is 3.99. The molecule has 0 unspecified atom stereocenters. The van der Waals surface area contributed by atoms with Crippen LogP contribution in [0.5, 0.6) is 11.5 Å². The van der Waals surface area contributed by atoms with E-state index in [-0.39, 0.29) is 0 Å². The maximum atomic E-state index is 12.7. The molecule has 3 heteroatoms. The van der Waals surface area contributed by atoms with Crippen LogP contribution in [0.1, 0.15) is 94.9 Å². The Hall–Kier alpha value is -2.29. The van der Waals surface area contributed by atoms with Gasteiger partial charge in [-0.3, -0.25) is 0 Å². The van der Waals surface area contributed by atoms with Crippen molar-refractivity contribution < 1.29 is 14.3 Å². The molecule has 2 aromatic carbocycles. The predicted octanol–water partition coefficient (Wildman–Crippen LogP) is 8.24. The van der Waals surface area contributed by atoms with Crippen molar-refractivity contribution in [2.24, 2.45) is 0 Å². The topological polar surface area (TPSA) is 35.5 Å². The molecule has 2 rings (SSSR count). The van der Waals surface area contributed by atoms with Crippen molar-refractivity contribution in [2.45, 2.75) is 98.3 Å². The second-order valence-corrected chi connectivity index (χ2v) is 8.30. The Kier molecular flexibility index (Phi) is 11.2. The largest absolute Gasteiger partial charge is 0.519 e. The van der Waals surface area contributed by atoms with Gasteiger partial charge in [0.05, 0.1) is 0 Å². The van der Waals surface area contributed by atoms with E-state index in [4.69, 9.17) is 9.47 Å². The lowest BCUT2D eigenvalue weighted by atomic mass is 9.90. The maximum Gasteiger partial charge on any atom is 0.519 e. The van der Waals surface area contributed by atoms with Crippen LogP contribution < -0.4 is 9.47 Å². The summed E-state index contributed by atoms with van der Waals surface area (Å²) < 4.78 is 11.4. The molecule has 3 nitrogen and oxygen atoms in total. The zero-order valence-corrected chi connectivity index (χ0v) is 20.0. The van der Waals surface area contributed by atoms with E-state index >= 15 is 0 Å². The smallest absolute Gasteiger partial charge is 0.394 e. The van der Waals surface area contributed by atoms with E-state index in [1.54, 1.807) is 0 Å². The molecule has 0 fully saturated rings. The Labute approximate surface area is 189 Å². The molecule has 0 heterocycles. The van der Waals surface area contributed by atoms with Gasteiger partial charge in [-0.15, -0.1) is 0 Å². The maximum absolute atomic E-state index is 12.7. The summed E-state index contributed by atoms with van der Waals surface area (Å²) in [5.41, 5.74) is 5.03. The van der Waals surface area contributed by atoms with Crippen molar-refractivity contribution in [3.8, 4) is 11.5 Å². The SMILES string of the molecule is CCCCc1ccc(OC(=O)Oc2ccccc2CCC)c(CCCC)c1CCCC. The minimum absolute atomic E-state index is 0.593. The lowest BCUT2D eigenvalue weighted by Gasteiger charge is -2.19. The summed E-state index contributed by atoms with van der Waals surface area (Å²) in [4.78, 5) is 12.7. The molecular weight excluding hydrogens is 384 g/mol. The molecule has 2 aromatic rings. The van der Waals surface area contributed by atoms with Gasteiger partial charge >= 0.3 is 6.16 Å². The van der Waals surface area contributed by atoms with E-state index in [1.807, 2.05) is 30.3 Å². The molecule has 0 saturated heterocycles. The van der Waals surface area contributed by atoms with E-state index < -0.39 is 6.16 Å². The molecule has 0 aliphatic carbocycles. The van der Waals surface area contributed by atoms with Gasteiger partial charge in [0.15, 0.2) is 0 Å². The summed E-state index contributed by atoms with van der Waals surface area (Å²) in [6.07, 6.45) is 11.1. The van der Waals surface area contributed by atoms with Gasteiger partial charge in [0.1, 0.15) is 11.5 Å². The summed E-state index contributed by atoms with van der Waals surface area (Å²) in [6.45, 7) is 8.77. The Morgan fingerprint density at radius 2 is 1.23 bits per heavy atom. The molecule has 0 radical (unpaired) electrons. The van der Waals surface area contributed by atoms with Crippen molar-refractivity contribution in [1.29, 1.82) is 0 Å². The van der Waals surface area contributed by atoms with Crippen LogP contribution in [-0.4, -0.2) is 6.16 Å². The molecule has 0 N–H and O–H groups in total. The number of hydrogen-bond donors (Lipinski definition) is 0. The van der Waals surface area contributed by atoms with Gasteiger partial charge in [0.2, 0.25) is 0 Å². The molecule has 0 amide bonds. The molecule has 0 aliphatic heterocycles. The number of benzene rings is 2. The third kappa shape index (κ3) is 7.72. The third-order valence-electron chi connectivity index (χ3n) is 5.72. The number of unbranched alkanes of at least 4 members (excludes halogenated alkanes) is 3. The molecule has 31 heavy (non-hydrogen) atoms. The van der Waals surface area contributed by atoms with Gasteiger partial charge in [-0.1, -0.05) is 77.6 Å². The molecule has 0 spiro atoms. The van der Waals surface area contributed by atoms with Gasteiger partial charge < -0.3 is 9.47 Å². The highest BCUT2D eigenvalue weighted by atomic mass is 16.7. The lowest BCUT2D eigenvalue weighted by Crippen LogP contribution is -2.16. The number of rotatable bonds is 13. The predicted molar refractivity (Wildman–Crippen MR) is 129 cm³/mol. The summed E-state index contributed by atoms with van der Waals surface area (Å²) in [5, 5.41) is 0. The van der Waals surface area contributed by atoms with Crippen LogP contribution >= 0.6 is 0 Å². The number of para-hydroxylation sites is 1. The van der Waals surface area contributed by atoms with Gasteiger partial charge in [0, 0.05) is 0 Å². The molecular formula is C28H40O3. The summed E-state index contributed by atoms with van der Waals surface area (Å²) >= 11 is 0. The van der Waals surface area contributed by atoms with Crippen molar-refractivity contribution >= 4 is 6.16 Å². The van der Waals surface area contributed by atoms with E-state index in [9.17, 15) is 4.79 Å². The molecule has 0 bridgehead atoms. The number of hydrogen-bond acceptors (Lipinski definition) is 3. The minimum atomic E-state index is -0.649. The van der Waals surface area contributed by atoms with Crippen LogP contribution in [0, 0.1) is 0 Å². The van der Waals surface area contributed by atoms with E-state index in [1.165, 1.54) is 29.5 Å². The van der Waals surface area contributed by atoms with Crippen LogP contribution in [0.4, 0.5) is 4.79 Å². The van der Waals surface area contributed by atoms with Crippen molar-refractivity contribution in [3.63, 3.8) is 0 Å². The Morgan fingerprint density at radius 1 is 0.613 bits per heavy atom. The average molecular weight is 425 g/mol. The molecule has 0 atom stereocenters. The van der Waals surface area contributed by atoms with Gasteiger partial charge in [-0.2, -0.15) is 0 Å². The van der Waals surface area contributed by atoms with Crippen LogP contribution in [0.2, 0.25) is 0 Å². The average Bonchev–Trinajstić information content (AvgIpc) is 2.77. The van der Waals surface area contributed by atoms with Crippen molar-refractivity contribution in [3.05, 3.63) is 58.7 Å². The summed E-state index contributed by atoms with van der Waals surface area (Å²) in [5.74, 6) is 1.26. The fourth-order valence-corrected chi connectivity index (χ4v) is 3.99. The highest BCUT2D eigenvalue weighted by Crippen LogP contribution is 2.31. The standard InChI is InChI=1S/C28H40O3/c1-5-9-15-22-20-21-27(25(18-11-7-3)24(22)17-10-6-2)31-28(29)30-26-19-13-12-16-23(26)14-8-4/h12-13,16,19-21H,5-11,14-15,17-18H2,1-4H3.